The van der Waals surface area contributed by atoms with E-state index in [4.69, 9.17) is 13.9 Å². The topological polar surface area (TPSA) is 98.1 Å². The predicted molar refractivity (Wildman–Crippen MR) is 110 cm³/mol. The minimum Gasteiger partial charge on any atom is -0.493 e. The maximum atomic E-state index is 12.7. The Labute approximate surface area is 172 Å². The Morgan fingerprint density at radius 2 is 1.83 bits per heavy atom. The van der Waals surface area contributed by atoms with Gasteiger partial charge in [-0.1, -0.05) is 18.2 Å². The fraction of sp³-hybridized carbons (Fsp3) is 0.227. The largest absolute Gasteiger partial charge is 0.493 e. The van der Waals surface area contributed by atoms with Crippen molar-refractivity contribution < 1.29 is 23.5 Å². The molecule has 2 aromatic carbocycles. The molecule has 1 unspecified atom stereocenters. The summed E-state index contributed by atoms with van der Waals surface area (Å²) in [7, 11) is 3.05. The first kappa shape index (κ1) is 19.5. The maximum absolute atomic E-state index is 12.7. The number of para-hydroxylation sites is 1. The lowest BCUT2D eigenvalue weighted by molar-refractivity contribution is -0.117. The number of hydrogen-bond donors (Lipinski definition) is 1. The van der Waals surface area contributed by atoms with E-state index in [9.17, 15) is 14.4 Å². The highest BCUT2D eigenvalue weighted by atomic mass is 16.5. The maximum Gasteiger partial charge on any atom is 0.349 e. The first-order valence-corrected chi connectivity index (χ1v) is 9.36. The highest BCUT2D eigenvalue weighted by molar-refractivity contribution is 6.00. The van der Waals surface area contributed by atoms with Crippen LogP contribution in [0.4, 0.5) is 5.69 Å². The molecule has 0 aliphatic carbocycles. The number of anilines is 1. The average Bonchev–Trinajstić information content (AvgIpc) is 3.12. The molecule has 2 heterocycles. The van der Waals surface area contributed by atoms with E-state index in [1.165, 1.54) is 20.3 Å². The van der Waals surface area contributed by atoms with Crippen LogP contribution in [0.15, 0.2) is 57.7 Å². The van der Waals surface area contributed by atoms with Crippen molar-refractivity contribution in [2.24, 2.45) is 0 Å². The van der Waals surface area contributed by atoms with Gasteiger partial charge in [0.1, 0.15) is 11.1 Å². The van der Waals surface area contributed by atoms with Gasteiger partial charge in [0.05, 0.1) is 20.3 Å². The zero-order valence-corrected chi connectivity index (χ0v) is 16.5. The first-order chi connectivity index (χ1) is 14.5. The zero-order chi connectivity index (χ0) is 21.3. The second kappa shape index (κ2) is 7.90. The van der Waals surface area contributed by atoms with E-state index < -0.39 is 17.6 Å². The lowest BCUT2D eigenvalue weighted by Crippen LogP contribution is -2.39. The summed E-state index contributed by atoms with van der Waals surface area (Å²) in [5.41, 5.74) is 0.243. The number of benzene rings is 2. The Hall–Kier alpha value is -3.81. The molecule has 3 aromatic rings. The summed E-state index contributed by atoms with van der Waals surface area (Å²) in [5, 5.41) is 3.41. The first-order valence-electron chi connectivity index (χ1n) is 9.36. The number of hydrogen-bond acceptors (Lipinski definition) is 6. The van der Waals surface area contributed by atoms with Crippen LogP contribution in [0.25, 0.3) is 11.0 Å². The molecule has 0 saturated carbocycles. The summed E-state index contributed by atoms with van der Waals surface area (Å²) in [4.78, 5) is 38.9. The third-order valence-corrected chi connectivity index (χ3v) is 5.03. The molecule has 1 atom stereocenters. The van der Waals surface area contributed by atoms with Crippen molar-refractivity contribution in [1.29, 1.82) is 0 Å². The highest BCUT2D eigenvalue weighted by Crippen LogP contribution is 2.33. The summed E-state index contributed by atoms with van der Waals surface area (Å²) in [6, 6.07) is 13.2. The van der Waals surface area contributed by atoms with Crippen LogP contribution >= 0.6 is 0 Å². The van der Waals surface area contributed by atoms with Gasteiger partial charge in [0, 0.05) is 30.1 Å². The van der Waals surface area contributed by atoms with Crippen molar-refractivity contribution >= 4 is 28.5 Å². The molecule has 1 aliphatic rings. The zero-order valence-electron chi connectivity index (χ0n) is 16.5. The smallest absolute Gasteiger partial charge is 0.349 e. The average molecular weight is 408 g/mol. The fourth-order valence-electron chi connectivity index (χ4n) is 3.53. The minimum absolute atomic E-state index is 0.0919. The second-order valence-electron chi connectivity index (χ2n) is 6.90. The summed E-state index contributed by atoms with van der Waals surface area (Å²) < 4.78 is 15.7. The van der Waals surface area contributed by atoms with E-state index in [1.807, 2.05) is 0 Å². The van der Waals surface area contributed by atoms with Crippen LogP contribution in [-0.2, 0) is 4.79 Å². The highest BCUT2D eigenvalue weighted by Gasteiger charge is 2.32. The number of rotatable bonds is 5. The molecule has 1 N–H and O–H groups in total. The molecule has 0 bridgehead atoms. The number of ether oxygens (including phenoxy) is 2. The molecule has 0 radical (unpaired) electrons. The molecule has 154 valence electrons. The van der Waals surface area contributed by atoms with Crippen LogP contribution in [-0.4, -0.2) is 38.6 Å². The van der Waals surface area contributed by atoms with Crippen LogP contribution in [0.5, 0.6) is 11.5 Å². The number of nitrogens with zero attached hydrogens (tertiary/aromatic N) is 1. The van der Waals surface area contributed by atoms with Crippen molar-refractivity contribution in [2.45, 2.75) is 12.5 Å². The van der Waals surface area contributed by atoms with Crippen LogP contribution in [0.2, 0.25) is 0 Å². The number of methoxy groups -OCH3 is 2. The van der Waals surface area contributed by atoms with Gasteiger partial charge in [-0.3, -0.25) is 9.59 Å². The molecule has 1 aliphatic heterocycles. The van der Waals surface area contributed by atoms with Crippen LogP contribution < -0.4 is 25.3 Å². The van der Waals surface area contributed by atoms with E-state index >= 15 is 0 Å². The molecule has 1 saturated heterocycles. The van der Waals surface area contributed by atoms with E-state index in [0.717, 1.165) is 0 Å². The Morgan fingerprint density at radius 3 is 2.60 bits per heavy atom. The SMILES string of the molecule is COc1ccc(N2CC(NC(=O)c3cc4ccccc4oc3=O)CC2=O)cc1OC. The quantitative estimate of drug-likeness (QED) is 0.651. The molecular weight excluding hydrogens is 388 g/mol. The molecule has 30 heavy (non-hydrogen) atoms. The molecule has 2 amide bonds. The fourth-order valence-corrected chi connectivity index (χ4v) is 3.53. The standard InChI is InChI=1S/C22H20N2O6/c1-28-18-8-7-15(11-19(18)29-2)24-12-14(10-20(24)25)23-21(26)16-9-13-5-3-4-6-17(13)30-22(16)27/h3-9,11,14H,10,12H2,1-2H3,(H,23,26). The monoisotopic (exact) mass is 408 g/mol. The molecule has 8 heteroatoms. The summed E-state index contributed by atoms with van der Waals surface area (Å²) >= 11 is 0. The van der Waals surface area contributed by atoms with E-state index in [2.05, 4.69) is 5.32 Å². The van der Waals surface area contributed by atoms with Gasteiger partial charge in [0.25, 0.3) is 5.91 Å². The Kier molecular flexibility index (Phi) is 5.14. The van der Waals surface area contributed by atoms with Crippen LogP contribution in [0, 0.1) is 0 Å². The number of fused-ring (bicyclic) bond motifs is 1. The summed E-state index contributed by atoms with van der Waals surface area (Å²) in [6.45, 7) is 0.277. The number of carbonyl (C=O) groups is 2. The summed E-state index contributed by atoms with van der Waals surface area (Å²) in [6.07, 6.45) is 0.124. The third-order valence-electron chi connectivity index (χ3n) is 5.03. The predicted octanol–water partition coefficient (Wildman–Crippen LogP) is 2.35. The van der Waals surface area contributed by atoms with Gasteiger partial charge < -0.3 is 24.1 Å². The van der Waals surface area contributed by atoms with Gasteiger partial charge in [0.15, 0.2) is 11.5 Å². The minimum atomic E-state index is -0.715. The number of carbonyl (C=O) groups excluding carboxylic acids is 2. The van der Waals surface area contributed by atoms with Crippen molar-refractivity contribution in [2.75, 3.05) is 25.7 Å². The second-order valence-corrected chi connectivity index (χ2v) is 6.90. The Morgan fingerprint density at radius 1 is 1.07 bits per heavy atom. The molecule has 1 aromatic heterocycles. The lowest BCUT2D eigenvalue weighted by atomic mass is 10.1. The van der Waals surface area contributed by atoms with Crippen molar-refractivity contribution in [3.63, 3.8) is 0 Å². The molecule has 1 fully saturated rings. The molecule has 8 nitrogen and oxygen atoms in total. The van der Waals surface area contributed by atoms with Gasteiger partial charge >= 0.3 is 5.63 Å². The number of nitrogens with one attached hydrogen (secondary N) is 1. The third kappa shape index (κ3) is 3.59. The lowest BCUT2D eigenvalue weighted by Gasteiger charge is -2.19. The normalized spacial score (nSPS) is 16.0. The van der Waals surface area contributed by atoms with Crippen molar-refractivity contribution in [3.8, 4) is 11.5 Å². The van der Waals surface area contributed by atoms with Gasteiger partial charge in [-0.15, -0.1) is 0 Å². The molecular formula is C22H20N2O6. The van der Waals surface area contributed by atoms with Gasteiger partial charge in [-0.05, 0) is 24.3 Å². The van der Waals surface area contributed by atoms with Gasteiger partial charge in [-0.2, -0.15) is 0 Å². The van der Waals surface area contributed by atoms with E-state index in [-0.39, 0.29) is 24.4 Å². The van der Waals surface area contributed by atoms with Crippen molar-refractivity contribution in [1.82, 2.24) is 5.32 Å². The molecule has 4 rings (SSSR count). The van der Waals surface area contributed by atoms with E-state index in [1.54, 1.807) is 47.4 Å². The number of amides is 2. The van der Waals surface area contributed by atoms with Gasteiger partial charge in [0.2, 0.25) is 5.91 Å². The van der Waals surface area contributed by atoms with Gasteiger partial charge in [-0.25, -0.2) is 4.79 Å². The van der Waals surface area contributed by atoms with Crippen LogP contribution in [0.3, 0.4) is 0 Å². The Balaban J connectivity index is 1.52. The molecule has 0 spiro atoms. The van der Waals surface area contributed by atoms with Crippen molar-refractivity contribution in [3.05, 3.63) is 64.5 Å². The van der Waals surface area contributed by atoms with E-state index in [0.29, 0.717) is 28.2 Å². The Bertz CT molecular complexity index is 1190. The summed E-state index contributed by atoms with van der Waals surface area (Å²) in [5.74, 6) is 0.351. The van der Waals surface area contributed by atoms with Crippen LogP contribution in [0.1, 0.15) is 16.8 Å².